The molecule has 2 heterocycles. The Bertz CT molecular complexity index is 347. The highest BCUT2D eigenvalue weighted by Crippen LogP contribution is 2.29. The molecule has 1 atom stereocenters. The Morgan fingerprint density at radius 1 is 1.50 bits per heavy atom. The molecule has 1 aromatic rings. The van der Waals surface area contributed by atoms with Crippen LogP contribution in [0.5, 0.6) is 0 Å². The number of nitrogens with zero attached hydrogens (tertiary/aromatic N) is 2. The van der Waals surface area contributed by atoms with E-state index >= 15 is 0 Å². The van der Waals surface area contributed by atoms with Crippen molar-refractivity contribution in [3.63, 3.8) is 0 Å². The molecule has 3 heteroatoms. The van der Waals surface area contributed by atoms with Gasteiger partial charge >= 0.3 is 0 Å². The third-order valence-electron chi connectivity index (χ3n) is 3.68. The van der Waals surface area contributed by atoms with Crippen molar-refractivity contribution in [2.45, 2.75) is 26.3 Å². The molecular weight excluding hydrogens is 200 g/mol. The summed E-state index contributed by atoms with van der Waals surface area (Å²) in [6, 6.07) is 4.26. The van der Waals surface area contributed by atoms with Crippen LogP contribution in [0.4, 0.5) is 0 Å². The number of aryl methyl sites for hydroxylation is 1. The van der Waals surface area contributed by atoms with Crippen LogP contribution >= 0.6 is 0 Å². The van der Waals surface area contributed by atoms with Crippen molar-refractivity contribution >= 4 is 0 Å². The van der Waals surface area contributed by atoms with Crippen LogP contribution in [0.15, 0.2) is 18.3 Å². The molecule has 1 aromatic heterocycles. The summed E-state index contributed by atoms with van der Waals surface area (Å²) in [6.07, 6.45) is 4.43. The van der Waals surface area contributed by atoms with Crippen LogP contribution in [0, 0.1) is 5.41 Å². The smallest absolute Gasteiger partial charge is 0.0497 e. The van der Waals surface area contributed by atoms with Crippen molar-refractivity contribution < 1.29 is 5.11 Å². The molecule has 1 aliphatic rings. The van der Waals surface area contributed by atoms with E-state index in [-0.39, 0.29) is 5.41 Å². The lowest BCUT2D eigenvalue weighted by Gasteiger charge is -2.39. The molecule has 0 aliphatic carbocycles. The lowest BCUT2D eigenvalue weighted by molar-refractivity contribution is 0.0420. The Hall–Kier alpha value is -0.800. The van der Waals surface area contributed by atoms with E-state index in [1.54, 1.807) is 0 Å². The van der Waals surface area contributed by atoms with E-state index in [9.17, 15) is 5.11 Å². The second-order valence-electron chi connectivity index (χ2n) is 5.39. The molecule has 1 unspecified atom stereocenters. The SMILES string of the molecule is Cn1cccc1CN1CCCC(C)(CO)C1. The quantitative estimate of drug-likeness (QED) is 0.842. The average Bonchev–Trinajstić information content (AvgIpc) is 2.65. The van der Waals surface area contributed by atoms with E-state index in [4.69, 9.17) is 0 Å². The molecule has 0 bridgehead atoms. The van der Waals surface area contributed by atoms with E-state index in [0.29, 0.717) is 6.61 Å². The molecular formula is C13H22N2O. The monoisotopic (exact) mass is 222 g/mol. The van der Waals surface area contributed by atoms with Gasteiger partial charge < -0.3 is 9.67 Å². The van der Waals surface area contributed by atoms with Gasteiger partial charge in [0.25, 0.3) is 0 Å². The number of rotatable bonds is 3. The predicted molar refractivity (Wildman–Crippen MR) is 65.1 cm³/mol. The zero-order chi connectivity index (χ0) is 11.6. The Balaban J connectivity index is 1.98. The van der Waals surface area contributed by atoms with Gasteiger partial charge in [-0.25, -0.2) is 0 Å². The van der Waals surface area contributed by atoms with E-state index < -0.39 is 0 Å². The highest BCUT2D eigenvalue weighted by molar-refractivity contribution is 5.06. The molecule has 1 fully saturated rings. The highest BCUT2D eigenvalue weighted by atomic mass is 16.3. The fourth-order valence-corrected chi connectivity index (χ4v) is 2.58. The molecule has 1 saturated heterocycles. The maximum atomic E-state index is 9.42. The summed E-state index contributed by atoms with van der Waals surface area (Å²) in [4.78, 5) is 2.45. The van der Waals surface area contributed by atoms with Crippen LogP contribution in [0.25, 0.3) is 0 Å². The van der Waals surface area contributed by atoms with Gasteiger partial charge in [0, 0.05) is 44.0 Å². The second kappa shape index (κ2) is 4.60. The predicted octanol–water partition coefficient (Wildman–Crippen LogP) is 1.62. The summed E-state index contributed by atoms with van der Waals surface area (Å²) in [7, 11) is 2.09. The minimum absolute atomic E-state index is 0.101. The molecule has 2 rings (SSSR count). The van der Waals surface area contributed by atoms with Gasteiger partial charge in [-0.2, -0.15) is 0 Å². The molecule has 0 amide bonds. The molecule has 1 N–H and O–H groups in total. The Labute approximate surface area is 97.7 Å². The fraction of sp³-hybridized carbons (Fsp3) is 0.692. The third kappa shape index (κ3) is 2.47. The van der Waals surface area contributed by atoms with Crippen LogP contribution in [-0.4, -0.2) is 34.3 Å². The van der Waals surface area contributed by atoms with Crippen LogP contribution in [0.3, 0.4) is 0 Å². The first-order chi connectivity index (χ1) is 7.63. The van der Waals surface area contributed by atoms with Crippen LogP contribution in [0.2, 0.25) is 0 Å². The summed E-state index contributed by atoms with van der Waals surface area (Å²) in [6.45, 7) is 5.65. The first-order valence-electron chi connectivity index (χ1n) is 6.06. The lowest BCUT2D eigenvalue weighted by Crippen LogP contribution is -2.43. The number of hydrogen-bond acceptors (Lipinski definition) is 2. The molecule has 0 saturated carbocycles. The summed E-state index contributed by atoms with van der Waals surface area (Å²) in [5.74, 6) is 0. The maximum absolute atomic E-state index is 9.42. The molecule has 0 radical (unpaired) electrons. The van der Waals surface area contributed by atoms with Gasteiger partial charge in [0.15, 0.2) is 0 Å². The van der Waals surface area contributed by atoms with Gasteiger partial charge in [-0.3, -0.25) is 4.90 Å². The van der Waals surface area contributed by atoms with Crippen molar-refractivity contribution in [1.29, 1.82) is 0 Å². The first kappa shape index (κ1) is 11.7. The largest absolute Gasteiger partial charge is 0.396 e. The standard InChI is InChI=1S/C13H22N2O/c1-13(11-16)6-4-8-15(10-13)9-12-5-3-7-14(12)2/h3,5,7,16H,4,6,8-11H2,1-2H3. The third-order valence-corrected chi connectivity index (χ3v) is 3.68. The highest BCUT2D eigenvalue weighted by Gasteiger charge is 2.30. The number of aromatic nitrogens is 1. The van der Waals surface area contributed by atoms with Crippen LogP contribution in [0.1, 0.15) is 25.5 Å². The molecule has 1 aliphatic heterocycles. The molecule has 0 spiro atoms. The minimum atomic E-state index is 0.101. The number of aliphatic hydroxyl groups is 1. The second-order valence-corrected chi connectivity index (χ2v) is 5.39. The van der Waals surface area contributed by atoms with Gasteiger partial charge in [0.1, 0.15) is 0 Å². The average molecular weight is 222 g/mol. The molecule has 0 aromatic carbocycles. The van der Waals surface area contributed by atoms with E-state index in [0.717, 1.165) is 26.1 Å². The van der Waals surface area contributed by atoms with E-state index in [1.807, 2.05) is 0 Å². The first-order valence-corrected chi connectivity index (χ1v) is 6.06. The maximum Gasteiger partial charge on any atom is 0.0497 e. The Morgan fingerprint density at radius 2 is 2.31 bits per heavy atom. The fourth-order valence-electron chi connectivity index (χ4n) is 2.58. The van der Waals surface area contributed by atoms with Crippen molar-refractivity contribution in [3.8, 4) is 0 Å². The minimum Gasteiger partial charge on any atom is -0.396 e. The van der Waals surface area contributed by atoms with Crippen molar-refractivity contribution in [2.75, 3.05) is 19.7 Å². The van der Waals surface area contributed by atoms with Gasteiger partial charge in [0.2, 0.25) is 0 Å². The Kier molecular flexibility index (Phi) is 3.36. The molecule has 3 nitrogen and oxygen atoms in total. The summed E-state index contributed by atoms with van der Waals surface area (Å²) < 4.78 is 2.17. The van der Waals surface area contributed by atoms with Crippen molar-refractivity contribution in [1.82, 2.24) is 9.47 Å². The summed E-state index contributed by atoms with van der Waals surface area (Å²) in [5.41, 5.74) is 1.45. The zero-order valence-electron chi connectivity index (χ0n) is 10.3. The van der Waals surface area contributed by atoms with Gasteiger partial charge in [-0.15, -0.1) is 0 Å². The van der Waals surface area contributed by atoms with Gasteiger partial charge in [-0.05, 0) is 31.5 Å². The molecule has 90 valence electrons. The number of likely N-dealkylation sites (tertiary alicyclic amines) is 1. The van der Waals surface area contributed by atoms with Crippen molar-refractivity contribution in [2.24, 2.45) is 12.5 Å². The zero-order valence-corrected chi connectivity index (χ0v) is 10.3. The number of aliphatic hydroxyl groups excluding tert-OH is 1. The van der Waals surface area contributed by atoms with E-state index in [2.05, 4.69) is 41.8 Å². The van der Waals surface area contributed by atoms with Crippen LogP contribution < -0.4 is 0 Å². The summed E-state index contributed by atoms with van der Waals surface area (Å²) >= 11 is 0. The lowest BCUT2D eigenvalue weighted by atomic mass is 9.83. The van der Waals surface area contributed by atoms with Crippen LogP contribution in [-0.2, 0) is 13.6 Å². The van der Waals surface area contributed by atoms with Gasteiger partial charge in [-0.1, -0.05) is 6.92 Å². The van der Waals surface area contributed by atoms with Crippen molar-refractivity contribution in [3.05, 3.63) is 24.0 Å². The summed E-state index contributed by atoms with van der Waals surface area (Å²) in [5, 5.41) is 9.42. The normalized spacial score (nSPS) is 27.2. The molecule has 16 heavy (non-hydrogen) atoms. The van der Waals surface area contributed by atoms with E-state index in [1.165, 1.54) is 12.1 Å². The number of hydrogen-bond donors (Lipinski definition) is 1. The topological polar surface area (TPSA) is 28.4 Å². The van der Waals surface area contributed by atoms with Gasteiger partial charge in [0.05, 0.1) is 0 Å². The number of piperidine rings is 1. The Morgan fingerprint density at radius 3 is 2.94 bits per heavy atom.